The minimum Gasteiger partial charge on any atom is -0.462 e. The van der Waals surface area contributed by atoms with Gasteiger partial charge in [0.15, 0.2) is 6.10 Å². The van der Waals surface area contributed by atoms with Crippen LogP contribution in [-0.2, 0) is 28.6 Å². The molecule has 0 heterocycles. The van der Waals surface area contributed by atoms with Gasteiger partial charge in [0, 0.05) is 19.3 Å². The highest BCUT2D eigenvalue weighted by atomic mass is 16.6. The number of esters is 3. The van der Waals surface area contributed by atoms with Gasteiger partial charge in [0.05, 0.1) is 0 Å². The van der Waals surface area contributed by atoms with Gasteiger partial charge in [-0.2, -0.15) is 0 Å². The van der Waals surface area contributed by atoms with Crippen LogP contribution in [0, 0.1) is 17.8 Å². The topological polar surface area (TPSA) is 78.9 Å². The molecule has 0 aliphatic heterocycles. The molecule has 0 aliphatic carbocycles. The Bertz CT molecular complexity index is 931. The zero-order valence-electron chi connectivity index (χ0n) is 41.3. The summed E-state index contributed by atoms with van der Waals surface area (Å²) in [5.41, 5.74) is 0. The first kappa shape index (κ1) is 58.4. The van der Waals surface area contributed by atoms with E-state index in [-0.39, 0.29) is 31.1 Å². The summed E-state index contributed by atoms with van der Waals surface area (Å²) in [7, 11) is 0. The van der Waals surface area contributed by atoms with Gasteiger partial charge in [-0.15, -0.1) is 0 Å². The fourth-order valence-corrected chi connectivity index (χ4v) is 8.08. The van der Waals surface area contributed by atoms with Crippen molar-refractivity contribution in [3.05, 3.63) is 0 Å². The molecule has 0 saturated heterocycles. The third kappa shape index (κ3) is 45.9. The van der Waals surface area contributed by atoms with E-state index in [1.807, 2.05) is 0 Å². The number of carbonyl (C=O) groups excluding carboxylic acids is 3. The molecule has 0 rings (SSSR count). The molecule has 6 nitrogen and oxygen atoms in total. The summed E-state index contributed by atoms with van der Waals surface area (Å²) >= 11 is 0. The first-order valence-electron chi connectivity index (χ1n) is 26.6. The quantitative estimate of drug-likeness (QED) is 0.0345. The van der Waals surface area contributed by atoms with E-state index in [0.717, 1.165) is 75.5 Å². The molecule has 0 aromatic rings. The van der Waals surface area contributed by atoms with Crippen LogP contribution in [0.5, 0.6) is 0 Å². The molecule has 1 unspecified atom stereocenters. The van der Waals surface area contributed by atoms with Crippen molar-refractivity contribution in [1.82, 2.24) is 0 Å². The number of hydrogen-bond acceptors (Lipinski definition) is 6. The van der Waals surface area contributed by atoms with Gasteiger partial charge in [-0.3, -0.25) is 14.4 Å². The first-order valence-corrected chi connectivity index (χ1v) is 26.6. The lowest BCUT2D eigenvalue weighted by molar-refractivity contribution is -0.167. The van der Waals surface area contributed by atoms with E-state index in [1.165, 1.54) is 173 Å². The Morgan fingerprint density at radius 1 is 0.333 bits per heavy atom. The Morgan fingerprint density at radius 3 is 0.867 bits per heavy atom. The van der Waals surface area contributed by atoms with Crippen molar-refractivity contribution in [2.75, 3.05) is 13.2 Å². The summed E-state index contributed by atoms with van der Waals surface area (Å²) in [6.07, 6.45) is 45.1. The molecule has 356 valence electrons. The third-order valence-electron chi connectivity index (χ3n) is 12.5. The second-order valence-electron chi connectivity index (χ2n) is 19.7. The lowest BCUT2D eigenvalue weighted by atomic mass is 9.99. The minimum atomic E-state index is -0.763. The third-order valence-corrected chi connectivity index (χ3v) is 12.5. The standard InChI is InChI=1S/C54H104O6/c1-7-50(6)42-36-30-24-20-21-26-32-38-44-53(56)59-47-51(46-58-52(55)43-37-31-25-18-15-14-17-23-29-35-41-49(4)5)60-54(57)45-39-33-27-19-13-11-9-8-10-12-16-22-28-34-40-48(2)3/h48-51H,7-47H2,1-6H3/t50?,51-/m1/s1. The van der Waals surface area contributed by atoms with Crippen LogP contribution >= 0.6 is 0 Å². The fourth-order valence-electron chi connectivity index (χ4n) is 8.08. The molecule has 0 amide bonds. The monoisotopic (exact) mass is 849 g/mol. The number of rotatable bonds is 47. The number of ether oxygens (including phenoxy) is 3. The fraction of sp³-hybridized carbons (Fsp3) is 0.944. The highest BCUT2D eigenvalue weighted by Gasteiger charge is 2.19. The molecule has 0 spiro atoms. The molecule has 2 atom stereocenters. The largest absolute Gasteiger partial charge is 0.462 e. The van der Waals surface area contributed by atoms with E-state index in [9.17, 15) is 14.4 Å². The smallest absolute Gasteiger partial charge is 0.306 e. The van der Waals surface area contributed by atoms with Gasteiger partial charge in [0.1, 0.15) is 13.2 Å². The molecular formula is C54H104O6. The molecule has 0 fully saturated rings. The SMILES string of the molecule is CCC(C)CCCCCCCCCCC(=O)OC[C@@H](COC(=O)CCCCCCCCCCCCC(C)C)OC(=O)CCCCCCCCCCCCCCCCC(C)C. The van der Waals surface area contributed by atoms with E-state index in [4.69, 9.17) is 14.2 Å². The average molecular weight is 849 g/mol. The van der Waals surface area contributed by atoms with Crippen LogP contribution < -0.4 is 0 Å². The zero-order valence-corrected chi connectivity index (χ0v) is 41.3. The van der Waals surface area contributed by atoms with Crippen LogP contribution in [0.3, 0.4) is 0 Å². The molecule has 60 heavy (non-hydrogen) atoms. The number of hydrogen-bond donors (Lipinski definition) is 0. The van der Waals surface area contributed by atoms with Gasteiger partial charge < -0.3 is 14.2 Å². The maximum Gasteiger partial charge on any atom is 0.306 e. The molecule has 0 aromatic heterocycles. The van der Waals surface area contributed by atoms with E-state index in [1.54, 1.807) is 0 Å². The molecular weight excluding hydrogens is 745 g/mol. The van der Waals surface area contributed by atoms with Gasteiger partial charge in [-0.1, -0.05) is 253 Å². The Hall–Kier alpha value is -1.59. The predicted octanol–water partition coefficient (Wildman–Crippen LogP) is 17.2. The average Bonchev–Trinajstić information content (AvgIpc) is 3.22. The zero-order chi connectivity index (χ0) is 44.2. The van der Waals surface area contributed by atoms with Gasteiger partial charge in [-0.25, -0.2) is 0 Å². The van der Waals surface area contributed by atoms with Crippen molar-refractivity contribution in [1.29, 1.82) is 0 Å². The maximum atomic E-state index is 12.8. The Morgan fingerprint density at radius 2 is 0.583 bits per heavy atom. The maximum absolute atomic E-state index is 12.8. The summed E-state index contributed by atoms with van der Waals surface area (Å²) in [5.74, 6) is 1.66. The van der Waals surface area contributed by atoms with Crippen molar-refractivity contribution in [3.8, 4) is 0 Å². The van der Waals surface area contributed by atoms with Crippen molar-refractivity contribution in [2.24, 2.45) is 17.8 Å². The Labute approximate surface area is 374 Å². The summed E-state index contributed by atoms with van der Waals surface area (Å²) in [5, 5.41) is 0. The summed E-state index contributed by atoms with van der Waals surface area (Å²) < 4.78 is 16.8. The highest BCUT2D eigenvalue weighted by molar-refractivity contribution is 5.71. The lowest BCUT2D eigenvalue weighted by Gasteiger charge is -2.18. The minimum absolute atomic E-state index is 0.0648. The lowest BCUT2D eigenvalue weighted by Crippen LogP contribution is -2.30. The molecule has 0 N–H and O–H groups in total. The van der Waals surface area contributed by atoms with Crippen molar-refractivity contribution < 1.29 is 28.6 Å². The second kappa shape index (κ2) is 45.4. The van der Waals surface area contributed by atoms with Crippen LogP contribution in [0.15, 0.2) is 0 Å². The van der Waals surface area contributed by atoms with E-state index in [0.29, 0.717) is 19.3 Å². The highest BCUT2D eigenvalue weighted by Crippen LogP contribution is 2.18. The first-order chi connectivity index (χ1) is 29.1. The summed E-state index contributed by atoms with van der Waals surface area (Å²) in [6, 6.07) is 0. The Kier molecular flexibility index (Phi) is 44.2. The number of carbonyl (C=O) groups is 3. The molecule has 0 aliphatic rings. The van der Waals surface area contributed by atoms with Gasteiger partial charge in [0.25, 0.3) is 0 Å². The molecule has 0 bridgehead atoms. The van der Waals surface area contributed by atoms with Gasteiger partial charge in [0.2, 0.25) is 0 Å². The van der Waals surface area contributed by atoms with Crippen molar-refractivity contribution in [2.45, 2.75) is 298 Å². The van der Waals surface area contributed by atoms with Crippen LogP contribution in [0.2, 0.25) is 0 Å². The second-order valence-corrected chi connectivity index (χ2v) is 19.7. The van der Waals surface area contributed by atoms with E-state index >= 15 is 0 Å². The van der Waals surface area contributed by atoms with Gasteiger partial charge >= 0.3 is 17.9 Å². The molecule has 0 saturated carbocycles. The van der Waals surface area contributed by atoms with Crippen molar-refractivity contribution in [3.63, 3.8) is 0 Å². The normalized spacial score (nSPS) is 12.6. The Balaban J connectivity index is 4.32. The van der Waals surface area contributed by atoms with Crippen LogP contribution in [-0.4, -0.2) is 37.2 Å². The van der Waals surface area contributed by atoms with Crippen LogP contribution in [0.25, 0.3) is 0 Å². The summed E-state index contributed by atoms with van der Waals surface area (Å²) in [6.45, 7) is 13.7. The van der Waals surface area contributed by atoms with Crippen LogP contribution in [0.4, 0.5) is 0 Å². The summed E-state index contributed by atoms with van der Waals surface area (Å²) in [4.78, 5) is 38.0. The predicted molar refractivity (Wildman–Crippen MR) is 256 cm³/mol. The van der Waals surface area contributed by atoms with Gasteiger partial charge in [-0.05, 0) is 37.0 Å². The molecule has 0 aromatic carbocycles. The van der Waals surface area contributed by atoms with Crippen molar-refractivity contribution >= 4 is 17.9 Å². The molecule has 6 heteroatoms. The number of unbranched alkanes of at least 4 members (excludes halogenated alkanes) is 29. The van der Waals surface area contributed by atoms with E-state index < -0.39 is 6.10 Å². The van der Waals surface area contributed by atoms with E-state index in [2.05, 4.69) is 41.5 Å². The molecule has 0 radical (unpaired) electrons. The van der Waals surface area contributed by atoms with Crippen LogP contribution in [0.1, 0.15) is 292 Å².